The van der Waals surface area contributed by atoms with Crippen molar-refractivity contribution in [3.63, 3.8) is 0 Å². The quantitative estimate of drug-likeness (QED) is 0.926. The number of hydrogen-bond acceptors (Lipinski definition) is 3. The van der Waals surface area contributed by atoms with Gasteiger partial charge in [0.15, 0.2) is 0 Å². The van der Waals surface area contributed by atoms with Gasteiger partial charge in [0.2, 0.25) is 5.91 Å². The minimum Gasteiger partial charge on any atom is -0.330 e. The van der Waals surface area contributed by atoms with Crippen molar-refractivity contribution in [2.24, 2.45) is 11.7 Å². The first-order valence-corrected chi connectivity index (χ1v) is 6.49. The molecule has 0 bridgehead atoms. The van der Waals surface area contributed by atoms with E-state index in [9.17, 15) is 4.79 Å². The van der Waals surface area contributed by atoms with Gasteiger partial charge in [0.25, 0.3) is 0 Å². The maximum absolute atomic E-state index is 12.0. The molecule has 1 aromatic heterocycles. The van der Waals surface area contributed by atoms with Crippen LogP contribution >= 0.6 is 27.3 Å². The van der Waals surface area contributed by atoms with Crippen LogP contribution in [0.4, 0.5) is 5.00 Å². The summed E-state index contributed by atoms with van der Waals surface area (Å²) >= 11 is 4.91. The van der Waals surface area contributed by atoms with Crippen molar-refractivity contribution in [3.05, 3.63) is 15.9 Å². The molecule has 0 radical (unpaired) electrons. The number of nitrogens with two attached hydrogens (primary N) is 1. The van der Waals surface area contributed by atoms with Gasteiger partial charge in [0, 0.05) is 23.4 Å². The fourth-order valence-corrected chi connectivity index (χ4v) is 2.70. The van der Waals surface area contributed by atoms with Gasteiger partial charge in [-0.25, -0.2) is 0 Å². The number of anilines is 1. The molecule has 1 unspecified atom stereocenters. The summed E-state index contributed by atoms with van der Waals surface area (Å²) in [5.41, 5.74) is 5.55. The Morgan fingerprint density at radius 2 is 2.40 bits per heavy atom. The van der Waals surface area contributed by atoms with Crippen LogP contribution in [0.2, 0.25) is 0 Å². The zero-order chi connectivity index (χ0) is 11.4. The van der Waals surface area contributed by atoms with E-state index in [4.69, 9.17) is 5.73 Å². The van der Waals surface area contributed by atoms with E-state index in [1.807, 2.05) is 18.4 Å². The second-order valence-electron chi connectivity index (χ2n) is 3.34. The van der Waals surface area contributed by atoms with Crippen LogP contribution in [-0.2, 0) is 4.79 Å². The van der Waals surface area contributed by atoms with Gasteiger partial charge >= 0.3 is 0 Å². The number of carbonyl (C=O) groups is 1. The Bertz CT molecular complexity index is 336. The summed E-state index contributed by atoms with van der Waals surface area (Å²) in [4.78, 5) is 13.6. The number of thiophene rings is 1. The second kappa shape index (κ2) is 5.63. The summed E-state index contributed by atoms with van der Waals surface area (Å²) < 4.78 is 1.00. The molecule has 0 saturated carbocycles. The van der Waals surface area contributed by atoms with E-state index < -0.39 is 0 Å². The Morgan fingerprint density at radius 3 is 2.80 bits per heavy atom. The van der Waals surface area contributed by atoms with Crippen LogP contribution in [0.25, 0.3) is 0 Å². The lowest BCUT2D eigenvalue weighted by Gasteiger charge is -2.20. The Labute approximate surface area is 102 Å². The SMILES string of the molecule is CCC(CN)C(=O)N(C)c1cc(Br)cs1. The maximum Gasteiger partial charge on any atom is 0.231 e. The van der Waals surface area contributed by atoms with Gasteiger partial charge in [-0.15, -0.1) is 11.3 Å². The topological polar surface area (TPSA) is 46.3 Å². The molecule has 0 fully saturated rings. The zero-order valence-electron chi connectivity index (χ0n) is 8.87. The van der Waals surface area contributed by atoms with Crippen LogP contribution in [0, 0.1) is 5.92 Å². The summed E-state index contributed by atoms with van der Waals surface area (Å²) in [5, 5.41) is 2.90. The van der Waals surface area contributed by atoms with Crippen molar-refractivity contribution in [2.45, 2.75) is 13.3 Å². The van der Waals surface area contributed by atoms with E-state index in [1.54, 1.807) is 23.3 Å². The van der Waals surface area contributed by atoms with Gasteiger partial charge < -0.3 is 10.6 Å². The van der Waals surface area contributed by atoms with Crippen LogP contribution in [0.5, 0.6) is 0 Å². The van der Waals surface area contributed by atoms with E-state index in [-0.39, 0.29) is 11.8 Å². The molecule has 1 heterocycles. The van der Waals surface area contributed by atoms with Gasteiger partial charge in [-0.2, -0.15) is 0 Å². The molecule has 0 saturated heterocycles. The molecule has 5 heteroatoms. The molecule has 0 aromatic carbocycles. The Kier molecular flexibility index (Phi) is 4.76. The molecule has 0 aliphatic heterocycles. The van der Waals surface area contributed by atoms with Crippen molar-refractivity contribution >= 4 is 38.2 Å². The fourth-order valence-electron chi connectivity index (χ4n) is 1.30. The minimum absolute atomic E-state index is 0.0733. The summed E-state index contributed by atoms with van der Waals surface area (Å²) in [6.45, 7) is 2.39. The molecule has 1 rings (SSSR count). The number of carbonyl (C=O) groups excluding carboxylic acids is 1. The van der Waals surface area contributed by atoms with E-state index >= 15 is 0 Å². The first-order valence-electron chi connectivity index (χ1n) is 4.81. The van der Waals surface area contributed by atoms with Crippen molar-refractivity contribution in [3.8, 4) is 0 Å². The average Bonchev–Trinajstić information content (AvgIpc) is 2.65. The number of rotatable bonds is 4. The molecule has 0 spiro atoms. The summed E-state index contributed by atoms with van der Waals surface area (Å²) in [6.07, 6.45) is 0.784. The molecule has 1 aromatic rings. The van der Waals surface area contributed by atoms with E-state index in [0.29, 0.717) is 6.54 Å². The number of amides is 1. The van der Waals surface area contributed by atoms with E-state index in [2.05, 4.69) is 15.9 Å². The third kappa shape index (κ3) is 3.03. The number of halogens is 1. The summed E-state index contributed by atoms with van der Waals surface area (Å²) in [6, 6.07) is 1.94. The minimum atomic E-state index is -0.0733. The smallest absolute Gasteiger partial charge is 0.231 e. The van der Waals surface area contributed by atoms with Gasteiger partial charge in [-0.1, -0.05) is 6.92 Å². The molecule has 0 aliphatic carbocycles. The standard InChI is InChI=1S/C10H15BrN2OS/c1-3-7(5-12)10(14)13(2)9-4-8(11)6-15-9/h4,6-7H,3,5,12H2,1-2H3. The normalized spacial score (nSPS) is 12.5. The first-order chi connectivity index (χ1) is 7.10. The van der Waals surface area contributed by atoms with Crippen LogP contribution in [-0.4, -0.2) is 19.5 Å². The van der Waals surface area contributed by atoms with Crippen LogP contribution in [0.1, 0.15) is 13.3 Å². The lowest BCUT2D eigenvalue weighted by molar-refractivity contribution is -0.121. The molecule has 84 valence electrons. The van der Waals surface area contributed by atoms with E-state index in [1.165, 1.54) is 0 Å². The zero-order valence-corrected chi connectivity index (χ0v) is 11.3. The van der Waals surface area contributed by atoms with Gasteiger partial charge in [-0.05, 0) is 28.4 Å². The van der Waals surface area contributed by atoms with E-state index in [0.717, 1.165) is 15.9 Å². The predicted molar refractivity (Wildman–Crippen MR) is 68.3 cm³/mol. The maximum atomic E-state index is 12.0. The summed E-state index contributed by atoms with van der Waals surface area (Å²) in [5.74, 6) is 0.0187. The Hall–Kier alpha value is -0.390. The van der Waals surface area contributed by atoms with Crippen molar-refractivity contribution in [2.75, 3.05) is 18.5 Å². The highest BCUT2D eigenvalue weighted by atomic mass is 79.9. The molecule has 15 heavy (non-hydrogen) atoms. The number of hydrogen-bond donors (Lipinski definition) is 1. The fraction of sp³-hybridized carbons (Fsp3) is 0.500. The molecule has 1 amide bonds. The van der Waals surface area contributed by atoms with Crippen molar-refractivity contribution in [1.82, 2.24) is 0 Å². The monoisotopic (exact) mass is 290 g/mol. The predicted octanol–water partition coefficient (Wildman–Crippen LogP) is 2.46. The third-order valence-electron chi connectivity index (χ3n) is 2.34. The van der Waals surface area contributed by atoms with Crippen molar-refractivity contribution < 1.29 is 4.79 Å². The first kappa shape index (κ1) is 12.7. The number of nitrogens with zero attached hydrogens (tertiary/aromatic N) is 1. The van der Waals surface area contributed by atoms with Crippen molar-refractivity contribution in [1.29, 1.82) is 0 Å². The lowest BCUT2D eigenvalue weighted by Crippen LogP contribution is -2.35. The van der Waals surface area contributed by atoms with Crippen LogP contribution in [0.15, 0.2) is 15.9 Å². The van der Waals surface area contributed by atoms with Gasteiger partial charge in [0.05, 0.1) is 10.9 Å². The summed E-state index contributed by atoms with van der Waals surface area (Å²) in [7, 11) is 1.79. The molecular weight excluding hydrogens is 276 g/mol. The molecule has 3 nitrogen and oxygen atoms in total. The lowest BCUT2D eigenvalue weighted by atomic mass is 10.1. The highest BCUT2D eigenvalue weighted by Gasteiger charge is 2.20. The molecular formula is C10H15BrN2OS. The Balaban J connectivity index is 2.76. The highest BCUT2D eigenvalue weighted by Crippen LogP contribution is 2.28. The third-order valence-corrected chi connectivity index (χ3v) is 4.11. The molecule has 1 atom stereocenters. The largest absolute Gasteiger partial charge is 0.330 e. The molecule has 2 N–H and O–H groups in total. The molecule has 0 aliphatic rings. The van der Waals surface area contributed by atoms with Gasteiger partial charge in [-0.3, -0.25) is 4.79 Å². The highest BCUT2D eigenvalue weighted by molar-refractivity contribution is 9.10. The Morgan fingerprint density at radius 1 is 1.73 bits per heavy atom. The van der Waals surface area contributed by atoms with Gasteiger partial charge in [0.1, 0.15) is 0 Å². The average molecular weight is 291 g/mol. The van der Waals surface area contributed by atoms with Crippen LogP contribution in [0.3, 0.4) is 0 Å². The second-order valence-corrected chi connectivity index (χ2v) is 5.15. The van der Waals surface area contributed by atoms with Crippen LogP contribution < -0.4 is 10.6 Å².